The standard InChI is InChI=1S/C26H33N3O5/c1-6-10-20-13-19(14-22(25(20)31)33-7-2)15-27-29-26(32)24(17(3)4)28-23(30)16-34-21-12-9-8-11-18(21)5/h6,8-9,11-15,17,24,31H,1,7,10,16H2,2-5H3,(H,28,30)(H,29,32)/b27-15+. The van der Waals surface area contributed by atoms with Gasteiger partial charge in [0.15, 0.2) is 18.1 Å². The number of carbonyl (C=O) groups is 2. The molecule has 0 saturated heterocycles. The van der Waals surface area contributed by atoms with E-state index in [1.165, 1.54) is 6.21 Å². The van der Waals surface area contributed by atoms with Crippen LogP contribution in [0.1, 0.15) is 37.5 Å². The first-order valence-electron chi connectivity index (χ1n) is 11.2. The average molecular weight is 468 g/mol. The number of aromatic hydroxyl groups is 1. The topological polar surface area (TPSA) is 109 Å². The zero-order valence-corrected chi connectivity index (χ0v) is 20.1. The van der Waals surface area contributed by atoms with Gasteiger partial charge in [0, 0.05) is 5.56 Å². The molecule has 1 atom stereocenters. The average Bonchev–Trinajstić information content (AvgIpc) is 2.79. The molecule has 0 aromatic heterocycles. The number of benzene rings is 2. The number of nitrogens with zero attached hydrogens (tertiary/aromatic N) is 1. The van der Waals surface area contributed by atoms with Crippen LogP contribution >= 0.6 is 0 Å². The molecule has 8 nitrogen and oxygen atoms in total. The lowest BCUT2D eigenvalue weighted by molar-refractivity contribution is -0.131. The number of hydrogen-bond acceptors (Lipinski definition) is 6. The van der Waals surface area contributed by atoms with E-state index in [9.17, 15) is 14.7 Å². The van der Waals surface area contributed by atoms with Gasteiger partial charge in [0.05, 0.1) is 12.8 Å². The summed E-state index contributed by atoms with van der Waals surface area (Å²) in [5, 5.41) is 17.0. The van der Waals surface area contributed by atoms with Crippen LogP contribution in [0.25, 0.3) is 0 Å². The van der Waals surface area contributed by atoms with E-state index in [1.807, 2.05) is 45.9 Å². The fourth-order valence-corrected chi connectivity index (χ4v) is 3.19. The Balaban J connectivity index is 2.02. The van der Waals surface area contributed by atoms with Crippen molar-refractivity contribution in [2.75, 3.05) is 13.2 Å². The SMILES string of the molecule is C=CCc1cc(/C=N/NC(=O)C(NC(=O)COc2ccccc2C)C(C)C)cc(OCC)c1O. The second-order valence-corrected chi connectivity index (χ2v) is 8.03. The summed E-state index contributed by atoms with van der Waals surface area (Å²) in [7, 11) is 0. The molecule has 0 heterocycles. The number of allylic oxidation sites excluding steroid dienone is 1. The van der Waals surface area contributed by atoms with Crippen LogP contribution in [0, 0.1) is 12.8 Å². The third-order valence-electron chi connectivity index (χ3n) is 4.95. The predicted octanol–water partition coefficient (Wildman–Crippen LogP) is 3.50. The summed E-state index contributed by atoms with van der Waals surface area (Å²) in [6.45, 7) is 11.2. The first kappa shape index (κ1) is 26.4. The number of phenolic OH excluding ortho intramolecular Hbond substituents is 1. The lowest BCUT2D eigenvalue weighted by Gasteiger charge is -2.20. The van der Waals surface area contributed by atoms with Crippen molar-refractivity contribution in [1.29, 1.82) is 0 Å². The number of hydrazone groups is 1. The summed E-state index contributed by atoms with van der Waals surface area (Å²) in [4.78, 5) is 25.0. The highest BCUT2D eigenvalue weighted by atomic mass is 16.5. The van der Waals surface area contributed by atoms with E-state index in [-0.39, 0.29) is 18.3 Å². The molecular weight excluding hydrogens is 434 g/mol. The smallest absolute Gasteiger partial charge is 0.262 e. The highest BCUT2D eigenvalue weighted by Gasteiger charge is 2.24. The molecule has 0 bridgehead atoms. The van der Waals surface area contributed by atoms with Crippen molar-refractivity contribution in [3.63, 3.8) is 0 Å². The Bertz CT molecular complexity index is 1030. The van der Waals surface area contributed by atoms with Crippen LogP contribution < -0.4 is 20.2 Å². The van der Waals surface area contributed by atoms with E-state index in [0.717, 1.165) is 5.56 Å². The van der Waals surface area contributed by atoms with Crippen LogP contribution in [0.2, 0.25) is 0 Å². The monoisotopic (exact) mass is 467 g/mol. The first-order chi connectivity index (χ1) is 16.3. The van der Waals surface area contributed by atoms with E-state index >= 15 is 0 Å². The Kier molecular flexibility index (Phi) is 10.1. The van der Waals surface area contributed by atoms with Gasteiger partial charge >= 0.3 is 0 Å². The van der Waals surface area contributed by atoms with E-state index in [1.54, 1.807) is 24.3 Å². The van der Waals surface area contributed by atoms with Gasteiger partial charge in [-0.1, -0.05) is 38.1 Å². The number of hydrogen-bond donors (Lipinski definition) is 3. The Morgan fingerprint density at radius 3 is 2.56 bits per heavy atom. The van der Waals surface area contributed by atoms with Crippen molar-refractivity contribution < 1.29 is 24.2 Å². The normalized spacial score (nSPS) is 11.8. The van der Waals surface area contributed by atoms with Crippen LogP contribution in [0.3, 0.4) is 0 Å². The van der Waals surface area contributed by atoms with Crippen LogP contribution in [-0.2, 0) is 16.0 Å². The summed E-state index contributed by atoms with van der Waals surface area (Å²) in [5.41, 5.74) is 4.66. The van der Waals surface area contributed by atoms with Gasteiger partial charge in [-0.15, -0.1) is 6.58 Å². The lowest BCUT2D eigenvalue weighted by atomic mass is 10.0. The largest absolute Gasteiger partial charge is 0.504 e. The van der Waals surface area contributed by atoms with Gasteiger partial charge in [-0.2, -0.15) is 5.10 Å². The van der Waals surface area contributed by atoms with Crippen molar-refractivity contribution in [3.8, 4) is 17.2 Å². The molecule has 0 saturated carbocycles. The fourth-order valence-electron chi connectivity index (χ4n) is 3.19. The van der Waals surface area contributed by atoms with E-state index < -0.39 is 17.9 Å². The number of ether oxygens (including phenoxy) is 2. The Labute approximate surface area is 200 Å². The summed E-state index contributed by atoms with van der Waals surface area (Å²) in [6, 6.07) is 9.96. The molecule has 0 aliphatic heterocycles. The Hall–Kier alpha value is -3.81. The van der Waals surface area contributed by atoms with Crippen molar-refractivity contribution in [3.05, 3.63) is 65.7 Å². The minimum Gasteiger partial charge on any atom is -0.504 e. The number of nitrogens with one attached hydrogen (secondary N) is 2. The second-order valence-electron chi connectivity index (χ2n) is 8.03. The third-order valence-corrected chi connectivity index (χ3v) is 4.95. The zero-order valence-electron chi connectivity index (χ0n) is 20.1. The third kappa shape index (κ3) is 7.65. The Morgan fingerprint density at radius 2 is 1.91 bits per heavy atom. The minimum absolute atomic E-state index is 0.0541. The van der Waals surface area contributed by atoms with Gasteiger partial charge in [0.25, 0.3) is 11.8 Å². The van der Waals surface area contributed by atoms with Crippen LogP contribution in [0.5, 0.6) is 17.2 Å². The molecule has 0 spiro atoms. The molecule has 182 valence electrons. The van der Waals surface area contributed by atoms with Crippen molar-refractivity contribution in [2.45, 2.75) is 40.2 Å². The summed E-state index contributed by atoms with van der Waals surface area (Å²) in [6.07, 6.45) is 3.57. The van der Waals surface area contributed by atoms with Gasteiger partial charge < -0.3 is 19.9 Å². The number of carbonyl (C=O) groups excluding carboxylic acids is 2. The molecule has 34 heavy (non-hydrogen) atoms. The number of phenols is 1. The number of aryl methyl sites for hydroxylation is 1. The van der Waals surface area contributed by atoms with Crippen molar-refractivity contribution in [1.82, 2.24) is 10.7 Å². The zero-order chi connectivity index (χ0) is 25.1. The summed E-state index contributed by atoms with van der Waals surface area (Å²) >= 11 is 0. The highest BCUT2D eigenvalue weighted by Crippen LogP contribution is 2.32. The van der Waals surface area contributed by atoms with Crippen LogP contribution in [0.4, 0.5) is 0 Å². The molecule has 3 N–H and O–H groups in total. The molecule has 2 aromatic rings. The van der Waals surface area contributed by atoms with Crippen molar-refractivity contribution >= 4 is 18.0 Å². The highest BCUT2D eigenvalue weighted by molar-refractivity contribution is 5.89. The minimum atomic E-state index is -0.791. The van der Waals surface area contributed by atoms with Gasteiger partial charge in [-0.25, -0.2) is 5.43 Å². The molecule has 0 radical (unpaired) electrons. The molecule has 0 fully saturated rings. The molecule has 0 aliphatic carbocycles. The maximum absolute atomic E-state index is 12.7. The van der Waals surface area contributed by atoms with Crippen LogP contribution in [0.15, 0.2) is 54.2 Å². The molecule has 1 unspecified atom stereocenters. The number of rotatable bonds is 12. The van der Waals surface area contributed by atoms with Gasteiger partial charge in [-0.05, 0) is 55.5 Å². The molecular formula is C26H33N3O5. The summed E-state index contributed by atoms with van der Waals surface area (Å²) in [5.74, 6) is -0.0336. The fraction of sp³-hybridized carbons (Fsp3) is 0.346. The first-order valence-corrected chi connectivity index (χ1v) is 11.2. The molecule has 2 aromatic carbocycles. The summed E-state index contributed by atoms with van der Waals surface area (Å²) < 4.78 is 11.0. The molecule has 2 rings (SSSR count). The maximum Gasteiger partial charge on any atom is 0.262 e. The number of amides is 2. The van der Waals surface area contributed by atoms with Gasteiger partial charge in [-0.3, -0.25) is 9.59 Å². The van der Waals surface area contributed by atoms with Gasteiger partial charge in [0.1, 0.15) is 11.8 Å². The Morgan fingerprint density at radius 1 is 1.18 bits per heavy atom. The molecule has 2 amide bonds. The predicted molar refractivity (Wildman–Crippen MR) is 132 cm³/mol. The molecule has 0 aliphatic rings. The van der Waals surface area contributed by atoms with Crippen molar-refractivity contribution in [2.24, 2.45) is 11.0 Å². The second kappa shape index (κ2) is 13.0. The van der Waals surface area contributed by atoms with E-state index in [0.29, 0.717) is 35.7 Å². The van der Waals surface area contributed by atoms with Gasteiger partial charge in [0.2, 0.25) is 0 Å². The van der Waals surface area contributed by atoms with Crippen LogP contribution in [-0.4, -0.2) is 42.4 Å². The van der Waals surface area contributed by atoms with E-state index in [2.05, 4.69) is 22.4 Å². The molecule has 8 heteroatoms. The van der Waals surface area contributed by atoms with E-state index in [4.69, 9.17) is 9.47 Å². The maximum atomic E-state index is 12.7. The lowest BCUT2D eigenvalue weighted by Crippen LogP contribution is -2.49. The quantitative estimate of drug-likeness (QED) is 0.251. The number of para-hydroxylation sites is 1.